The van der Waals surface area contributed by atoms with Crippen LogP contribution in [0.2, 0.25) is 0 Å². The fraction of sp³-hybridized carbons (Fsp3) is 0.400. The Labute approximate surface area is 134 Å². The van der Waals surface area contributed by atoms with Crippen molar-refractivity contribution in [3.63, 3.8) is 0 Å². The first-order valence-corrected chi connectivity index (χ1v) is 7.00. The molecule has 8 nitrogen and oxygen atoms in total. The maximum atomic E-state index is 11.8. The molecule has 1 rings (SSSR count). The van der Waals surface area contributed by atoms with Gasteiger partial charge in [-0.3, -0.25) is 10.1 Å². The van der Waals surface area contributed by atoms with E-state index >= 15 is 0 Å². The van der Waals surface area contributed by atoms with Gasteiger partial charge in [-0.05, 0) is 39.0 Å². The lowest BCUT2D eigenvalue weighted by Gasteiger charge is -2.19. The van der Waals surface area contributed by atoms with Crippen molar-refractivity contribution in [1.82, 2.24) is 5.32 Å². The summed E-state index contributed by atoms with van der Waals surface area (Å²) in [6.07, 6.45) is -0.103. The van der Waals surface area contributed by atoms with E-state index in [1.807, 2.05) is 19.2 Å². The van der Waals surface area contributed by atoms with Crippen LogP contribution < -0.4 is 21.1 Å². The van der Waals surface area contributed by atoms with E-state index in [4.69, 9.17) is 10.5 Å². The molecule has 0 spiro atoms. The Morgan fingerprint density at radius 3 is 2.35 bits per heavy atom. The van der Waals surface area contributed by atoms with E-state index in [0.29, 0.717) is 17.0 Å². The van der Waals surface area contributed by atoms with Gasteiger partial charge in [0.15, 0.2) is 0 Å². The Hall–Kier alpha value is -2.77. The minimum atomic E-state index is -0.939. The molecule has 0 aliphatic carbocycles. The summed E-state index contributed by atoms with van der Waals surface area (Å²) in [6.45, 7) is 5.24. The predicted octanol–water partition coefficient (Wildman–Crippen LogP) is 1.26. The Morgan fingerprint density at radius 2 is 1.83 bits per heavy atom. The lowest BCUT2D eigenvalue weighted by Crippen LogP contribution is -2.43. The zero-order chi connectivity index (χ0) is 17.6. The summed E-state index contributed by atoms with van der Waals surface area (Å²) in [6, 6.07) is 2.96. The highest BCUT2D eigenvalue weighted by Crippen LogP contribution is 2.28. The molecule has 0 saturated heterocycles. The molecule has 0 heterocycles. The quantitative estimate of drug-likeness (QED) is 0.678. The second kappa shape index (κ2) is 8.02. The SMILES string of the molecule is COC(=O)c1ccc(OC(C)C)c(N[C@H](C)C(=O)NC(N)=O)c1. The van der Waals surface area contributed by atoms with Crippen LogP contribution in [0.3, 0.4) is 0 Å². The van der Waals surface area contributed by atoms with Gasteiger partial charge in [-0.25, -0.2) is 9.59 Å². The van der Waals surface area contributed by atoms with Crippen molar-refractivity contribution in [2.45, 2.75) is 32.9 Å². The maximum Gasteiger partial charge on any atom is 0.337 e. The number of benzene rings is 1. The van der Waals surface area contributed by atoms with Crippen molar-refractivity contribution in [2.75, 3.05) is 12.4 Å². The number of anilines is 1. The van der Waals surface area contributed by atoms with Gasteiger partial charge >= 0.3 is 12.0 Å². The summed E-state index contributed by atoms with van der Waals surface area (Å²) in [5.41, 5.74) is 5.64. The van der Waals surface area contributed by atoms with Gasteiger partial charge in [-0.1, -0.05) is 0 Å². The molecule has 23 heavy (non-hydrogen) atoms. The van der Waals surface area contributed by atoms with Crippen molar-refractivity contribution in [3.05, 3.63) is 23.8 Å². The monoisotopic (exact) mass is 323 g/mol. The summed E-state index contributed by atoms with van der Waals surface area (Å²) < 4.78 is 10.3. The topological polar surface area (TPSA) is 120 Å². The number of nitrogens with two attached hydrogens (primary N) is 1. The predicted molar refractivity (Wildman–Crippen MR) is 84.4 cm³/mol. The molecule has 0 unspecified atom stereocenters. The third-order valence-electron chi connectivity index (χ3n) is 2.78. The fourth-order valence-corrected chi connectivity index (χ4v) is 1.77. The number of esters is 1. The van der Waals surface area contributed by atoms with Crippen molar-refractivity contribution in [2.24, 2.45) is 5.73 Å². The van der Waals surface area contributed by atoms with Crippen LogP contribution in [-0.4, -0.2) is 37.2 Å². The number of ether oxygens (including phenoxy) is 2. The van der Waals surface area contributed by atoms with E-state index in [9.17, 15) is 14.4 Å². The normalized spacial score (nSPS) is 11.5. The second-order valence-corrected chi connectivity index (χ2v) is 5.09. The van der Waals surface area contributed by atoms with E-state index in [0.717, 1.165) is 0 Å². The standard InChI is InChI=1S/C15H21N3O5/c1-8(2)23-12-6-5-10(14(20)22-4)7-11(12)17-9(3)13(19)18-15(16)21/h5-9,17H,1-4H3,(H3,16,18,19,21)/t9-/m1/s1. The van der Waals surface area contributed by atoms with E-state index in [-0.39, 0.29) is 6.10 Å². The first-order chi connectivity index (χ1) is 10.7. The van der Waals surface area contributed by atoms with E-state index in [2.05, 4.69) is 10.1 Å². The highest BCUT2D eigenvalue weighted by atomic mass is 16.5. The molecule has 4 N–H and O–H groups in total. The Morgan fingerprint density at radius 1 is 1.17 bits per heavy atom. The maximum absolute atomic E-state index is 11.8. The van der Waals surface area contributed by atoms with Gasteiger partial charge in [0.05, 0.1) is 24.5 Å². The van der Waals surface area contributed by atoms with Crippen LogP contribution in [0.5, 0.6) is 5.75 Å². The Kier molecular flexibility index (Phi) is 6.37. The van der Waals surface area contributed by atoms with E-state index in [1.54, 1.807) is 19.1 Å². The first-order valence-electron chi connectivity index (χ1n) is 7.00. The van der Waals surface area contributed by atoms with Crippen molar-refractivity contribution in [1.29, 1.82) is 0 Å². The summed E-state index contributed by atoms with van der Waals surface area (Å²) >= 11 is 0. The molecule has 3 amide bonds. The van der Waals surface area contributed by atoms with Crippen LogP contribution in [-0.2, 0) is 9.53 Å². The molecule has 1 atom stereocenters. The highest BCUT2D eigenvalue weighted by Gasteiger charge is 2.18. The Balaban J connectivity index is 3.06. The zero-order valence-electron chi connectivity index (χ0n) is 13.5. The molecule has 8 heteroatoms. The molecular weight excluding hydrogens is 302 g/mol. The summed E-state index contributed by atoms with van der Waals surface area (Å²) in [7, 11) is 1.27. The number of hydrogen-bond donors (Lipinski definition) is 3. The minimum absolute atomic E-state index is 0.103. The molecule has 1 aromatic rings. The van der Waals surface area contributed by atoms with Crippen molar-refractivity contribution < 1.29 is 23.9 Å². The van der Waals surface area contributed by atoms with E-state index < -0.39 is 23.9 Å². The Bertz CT molecular complexity index is 601. The molecule has 0 bridgehead atoms. The summed E-state index contributed by atoms with van der Waals surface area (Å²) in [5.74, 6) is -0.652. The molecule has 0 radical (unpaired) electrons. The zero-order valence-corrected chi connectivity index (χ0v) is 13.5. The molecule has 0 fully saturated rings. The molecule has 0 aromatic heterocycles. The molecular formula is C15H21N3O5. The molecule has 1 aromatic carbocycles. The van der Waals surface area contributed by atoms with Crippen molar-refractivity contribution in [3.8, 4) is 5.75 Å². The van der Waals surface area contributed by atoms with E-state index in [1.165, 1.54) is 13.2 Å². The number of primary amides is 1. The van der Waals surface area contributed by atoms with Gasteiger partial charge < -0.3 is 20.5 Å². The third-order valence-corrected chi connectivity index (χ3v) is 2.78. The molecule has 0 aliphatic heterocycles. The second-order valence-electron chi connectivity index (χ2n) is 5.09. The lowest BCUT2D eigenvalue weighted by atomic mass is 10.1. The van der Waals surface area contributed by atoms with Gasteiger partial charge in [-0.2, -0.15) is 0 Å². The smallest absolute Gasteiger partial charge is 0.337 e. The average molecular weight is 323 g/mol. The van der Waals surface area contributed by atoms with Crippen LogP contribution in [0.25, 0.3) is 0 Å². The number of methoxy groups -OCH3 is 1. The molecule has 0 saturated carbocycles. The third kappa shape index (κ3) is 5.50. The number of hydrogen-bond acceptors (Lipinski definition) is 6. The number of urea groups is 1. The fourth-order valence-electron chi connectivity index (χ4n) is 1.77. The van der Waals surface area contributed by atoms with Crippen LogP contribution in [0.1, 0.15) is 31.1 Å². The number of carbonyl (C=O) groups is 3. The summed E-state index contributed by atoms with van der Waals surface area (Å²) in [5, 5.41) is 4.86. The number of imide groups is 1. The lowest BCUT2D eigenvalue weighted by molar-refractivity contribution is -0.120. The number of amides is 3. The van der Waals surface area contributed by atoms with Crippen LogP contribution >= 0.6 is 0 Å². The highest BCUT2D eigenvalue weighted by molar-refractivity contribution is 5.98. The van der Waals surface area contributed by atoms with Gasteiger partial charge in [-0.15, -0.1) is 0 Å². The number of carbonyl (C=O) groups excluding carboxylic acids is 3. The largest absolute Gasteiger partial charge is 0.489 e. The van der Waals surface area contributed by atoms with Gasteiger partial charge in [0, 0.05) is 0 Å². The van der Waals surface area contributed by atoms with Gasteiger partial charge in [0.1, 0.15) is 11.8 Å². The molecule has 126 valence electrons. The first kappa shape index (κ1) is 18.3. The van der Waals surface area contributed by atoms with Crippen molar-refractivity contribution >= 4 is 23.6 Å². The van der Waals surface area contributed by atoms with Gasteiger partial charge in [0.2, 0.25) is 5.91 Å². The van der Waals surface area contributed by atoms with Crippen LogP contribution in [0.4, 0.5) is 10.5 Å². The average Bonchev–Trinajstić information content (AvgIpc) is 2.46. The van der Waals surface area contributed by atoms with Crippen LogP contribution in [0, 0.1) is 0 Å². The number of rotatable bonds is 6. The minimum Gasteiger partial charge on any atom is -0.489 e. The van der Waals surface area contributed by atoms with Crippen LogP contribution in [0.15, 0.2) is 18.2 Å². The number of nitrogens with one attached hydrogen (secondary N) is 2. The van der Waals surface area contributed by atoms with Gasteiger partial charge in [0.25, 0.3) is 0 Å². The summed E-state index contributed by atoms with van der Waals surface area (Å²) in [4.78, 5) is 34.1. The molecule has 0 aliphatic rings.